The van der Waals surface area contributed by atoms with Crippen molar-refractivity contribution < 1.29 is 19.1 Å². The van der Waals surface area contributed by atoms with E-state index in [9.17, 15) is 9.90 Å². The van der Waals surface area contributed by atoms with E-state index in [1.165, 1.54) is 0 Å². The Labute approximate surface area is 158 Å². The molecular formula is C22H23NO4. The number of furan rings is 1. The largest absolute Gasteiger partial charge is 0.497 e. The Balaban J connectivity index is 1.45. The Morgan fingerprint density at radius 2 is 1.81 bits per heavy atom. The van der Waals surface area contributed by atoms with E-state index in [-0.39, 0.29) is 12.5 Å². The Hall–Kier alpha value is -3.05. The molecule has 27 heavy (non-hydrogen) atoms. The van der Waals surface area contributed by atoms with Gasteiger partial charge in [-0.1, -0.05) is 42.5 Å². The van der Waals surface area contributed by atoms with Gasteiger partial charge in [-0.05, 0) is 29.8 Å². The molecule has 0 fully saturated rings. The average molecular weight is 365 g/mol. The van der Waals surface area contributed by atoms with Crippen molar-refractivity contribution in [2.45, 2.75) is 18.9 Å². The Bertz CT molecular complexity index is 856. The van der Waals surface area contributed by atoms with E-state index in [0.717, 1.165) is 28.4 Å². The maximum atomic E-state index is 12.0. The van der Waals surface area contributed by atoms with Gasteiger partial charge in [-0.25, -0.2) is 0 Å². The molecule has 1 aromatic heterocycles. The number of carbonyl (C=O) groups excluding carboxylic acids is 1. The second kappa shape index (κ2) is 9.05. The fourth-order valence-electron chi connectivity index (χ4n) is 2.75. The molecular weight excluding hydrogens is 342 g/mol. The molecule has 3 rings (SSSR count). The predicted molar refractivity (Wildman–Crippen MR) is 103 cm³/mol. The zero-order valence-electron chi connectivity index (χ0n) is 15.2. The van der Waals surface area contributed by atoms with Gasteiger partial charge >= 0.3 is 0 Å². The van der Waals surface area contributed by atoms with Gasteiger partial charge in [0.25, 0.3) is 0 Å². The van der Waals surface area contributed by atoms with E-state index in [1.807, 2.05) is 42.5 Å². The highest BCUT2D eigenvalue weighted by molar-refractivity contribution is 5.76. The van der Waals surface area contributed by atoms with Crippen LogP contribution in [0.25, 0.3) is 11.3 Å². The standard InChI is InChI=1S/C22H23NO4/c1-26-18-9-7-16(8-10-18)20(24)15-23-22(25)14-12-19-11-13-21(27-19)17-5-3-2-4-6-17/h2-11,13,20,24H,12,14-15H2,1H3,(H,23,25)/t20-/m0/s1. The van der Waals surface area contributed by atoms with Gasteiger partial charge in [0, 0.05) is 24.9 Å². The van der Waals surface area contributed by atoms with Gasteiger partial charge in [0.1, 0.15) is 17.3 Å². The number of carbonyl (C=O) groups is 1. The summed E-state index contributed by atoms with van der Waals surface area (Å²) in [5, 5.41) is 12.9. The van der Waals surface area contributed by atoms with Crippen LogP contribution >= 0.6 is 0 Å². The number of nitrogens with one attached hydrogen (secondary N) is 1. The Kier molecular flexibility index (Phi) is 6.28. The lowest BCUT2D eigenvalue weighted by molar-refractivity contribution is -0.121. The fraction of sp³-hybridized carbons (Fsp3) is 0.227. The first-order valence-corrected chi connectivity index (χ1v) is 8.88. The summed E-state index contributed by atoms with van der Waals surface area (Å²) in [7, 11) is 1.59. The zero-order valence-corrected chi connectivity index (χ0v) is 15.2. The molecule has 0 saturated carbocycles. The van der Waals surface area contributed by atoms with Crippen molar-refractivity contribution >= 4 is 5.91 Å². The predicted octanol–water partition coefficient (Wildman–Crippen LogP) is 3.74. The van der Waals surface area contributed by atoms with E-state index in [2.05, 4.69) is 5.32 Å². The van der Waals surface area contributed by atoms with Crippen LogP contribution < -0.4 is 10.1 Å². The lowest BCUT2D eigenvalue weighted by Crippen LogP contribution is -2.28. The molecule has 0 unspecified atom stereocenters. The van der Waals surface area contributed by atoms with Crippen LogP contribution in [0.5, 0.6) is 5.75 Å². The highest BCUT2D eigenvalue weighted by atomic mass is 16.5. The minimum Gasteiger partial charge on any atom is -0.497 e. The van der Waals surface area contributed by atoms with Crippen molar-refractivity contribution in [2.75, 3.05) is 13.7 Å². The number of benzene rings is 2. The second-order valence-corrected chi connectivity index (χ2v) is 6.23. The summed E-state index contributed by atoms with van der Waals surface area (Å²) in [6, 6.07) is 20.8. The first kappa shape index (κ1) is 18.7. The molecule has 1 atom stereocenters. The SMILES string of the molecule is COc1ccc([C@@H](O)CNC(=O)CCc2ccc(-c3ccccc3)o2)cc1. The fourth-order valence-corrected chi connectivity index (χ4v) is 2.75. The first-order valence-electron chi connectivity index (χ1n) is 8.88. The van der Waals surface area contributed by atoms with Gasteiger partial charge in [0.2, 0.25) is 5.91 Å². The normalized spacial score (nSPS) is 11.8. The number of methoxy groups -OCH3 is 1. The summed E-state index contributed by atoms with van der Waals surface area (Å²) in [6.07, 6.45) is 0.0575. The third kappa shape index (κ3) is 5.21. The van der Waals surface area contributed by atoms with Gasteiger partial charge < -0.3 is 19.6 Å². The number of aryl methyl sites for hydroxylation is 1. The van der Waals surface area contributed by atoms with Crippen LogP contribution in [-0.4, -0.2) is 24.7 Å². The number of ether oxygens (including phenoxy) is 1. The van der Waals surface area contributed by atoms with Gasteiger partial charge in [-0.3, -0.25) is 4.79 Å². The minimum absolute atomic E-state index is 0.125. The highest BCUT2D eigenvalue weighted by Gasteiger charge is 2.11. The number of aliphatic hydroxyl groups excluding tert-OH is 1. The average Bonchev–Trinajstić information content (AvgIpc) is 3.20. The van der Waals surface area contributed by atoms with Crippen LogP contribution in [0.4, 0.5) is 0 Å². The molecule has 0 bridgehead atoms. The van der Waals surface area contributed by atoms with Crippen molar-refractivity contribution in [3.05, 3.63) is 78.1 Å². The van der Waals surface area contributed by atoms with Gasteiger partial charge in [-0.15, -0.1) is 0 Å². The summed E-state index contributed by atoms with van der Waals surface area (Å²) >= 11 is 0. The molecule has 5 nitrogen and oxygen atoms in total. The smallest absolute Gasteiger partial charge is 0.220 e. The maximum absolute atomic E-state index is 12.0. The summed E-state index contributed by atoms with van der Waals surface area (Å²) in [6.45, 7) is 0.165. The van der Waals surface area contributed by atoms with Crippen molar-refractivity contribution in [1.82, 2.24) is 5.32 Å². The van der Waals surface area contributed by atoms with E-state index in [1.54, 1.807) is 31.4 Å². The number of hydrogen-bond donors (Lipinski definition) is 2. The first-order chi connectivity index (χ1) is 13.2. The molecule has 0 radical (unpaired) electrons. The maximum Gasteiger partial charge on any atom is 0.220 e. The molecule has 0 aliphatic rings. The van der Waals surface area contributed by atoms with Crippen LogP contribution in [0, 0.1) is 0 Å². The molecule has 1 heterocycles. The number of rotatable bonds is 8. The van der Waals surface area contributed by atoms with Gasteiger partial charge in [0.15, 0.2) is 0 Å². The van der Waals surface area contributed by atoms with E-state index in [0.29, 0.717) is 12.8 Å². The lowest BCUT2D eigenvalue weighted by atomic mass is 10.1. The van der Waals surface area contributed by atoms with Crippen molar-refractivity contribution in [3.8, 4) is 17.1 Å². The molecule has 3 aromatic rings. The second-order valence-electron chi connectivity index (χ2n) is 6.23. The van der Waals surface area contributed by atoms with Crippen LogP contribution in [-0.2, 0) is 11.2 Å². The van der Waals surface area contributed by atoms with Crippen LogP contribution in [0.15, 0.2) is 71.1 Å². The third-order valence-electron chi connectivity index (χ3n) is 4.31. The molecule has 140 valence electrons. The molecule has 0 saturated heterocycles. The van der Waals surface area contributed by atoms with Crippen molar-refractivity contribution in [2.24, 2.45) is 0 Å². The monoisotopic (exact) mass is 365 g/mol. The molecule has 2 aromatic carbocycles. The molecule has 0 aliphatic carbocycles. The summed E-state index contributed by atoms with van der Waals surface area (Å²) < 4.78 is 10.9. The minimum atomic E-state index is -0.756. The summed E-state index contributed by atoms with van der Waals surface area (Å²) in [5.74, 6) is 2.16. The van der Waals surface area contributed by atoms with Crippen LogP contribution in [0.3, 0.4) is 0 Å². The molecule has 5 heteroatoms. The third-order valence-corrected chi connectivity index (χ3v) is 4.31. The van der Waals surface area contributed by atoms with E-state index >= 15 is 0 Å². The molecule has 2 N–H and O–H groups in total. The van der Waals surface area contributed by atoms with E-state index in [4.69, 9.17) is 9.15 Å². The molecule has 0 spiro atoms. The topological polar surface area (TPSA) is 71.7 Å². The summed E-state index contributed by atoms with van der Waals surface area (Å²) in [5.41, 5.74) is 1.74. The van der Waals surface area contributed by atoms with Crippen molar-refractivity contribution in [1.29, 1.82) is 0 Å². The molecule has 1 amide bonds. The quantitative estimate of drug-likeness (QED) is 0.638. The molecule has 0 aliphatic heterocycles. The van der Waals surface area contributed by atoms with Crippen LogP contribution in [0.2, 0.25) is 0 Å². The number of amides is 1. The lowest BCUT2D eigenvalue weighted by Gasteiger charge is -2.12. The highest BCUT2D eigenvalue weighted by Crippen LogP contribution is 2.22. The Morgan fingerprint density at radius 3 is 2.52 bits per heavy atom. The summed E-state index contributed by atoms with van der Waals surface area (Å²) in [4.78, 5) is 12.0. The van der Waals surface area contributed by atoms with Crippen LogP contribution in [0.1, 0.15) is 23.8 Å². The van der Waals surface area contributed by atoms with Crippen molar-refractivity contribution in [3.63, 3.8) is 0 Å². The van der Waals surface area contributed by atoms with Gasteiger partial charge in [-0.2, -0.15) is 0 Å². The van der Waals surface area contributed by atoms with Gasteiger partial charge in [0.05, 0.1) is 13.2 Å². The zero-order chi connectivity index (χ0) is 19.1. The Morgan fingerprint density at radius 1 is 1.07 bits per heavy atom. The number of aliphatic hydroxyl groups is 1. The van der Waals surface area contributed by atoms with E-state index < -0.39 is 6.10 Å². The number of hydrogen-bond acceptors (Lipinski definition) is 4.